The average molecular weight is 410 g/mol. The first-order valence-corrected chi connectivity index (χ1v) is 4.90. The largest absolute Gasteiger partial charge is 0.813 e. The quantitative estimate of drug-likeness (QED) is 0.212. The number of thiol groups is 1. The van der Waals surface area contributed by atoms with E-state index in [0.717, 1.165) is 0 Å². The summed E-state index contributed by atoms with van der Waals surface area (Å²) in [6, 6.07) is 0. The summed E-state index contributed by atoms with van der Waals surface area (Å²) >= 11 is 0. The van der Waals surface area contributed by atoms with E-state index in [1.54, 1.807) is 0 Å². The van der Waals surface area contributed by atoms with Crippen LogP contribution < -0.4 is 0 Å². The Bertz CT molecular complexity index is 107. The SMILES string of the molecule is C=C[CH2-].C=C[CH2-].C=C[CH2-].C=C[CH2-].C=C[CH2-].C=C[CH2-].[SH-].[Zn].[Zn]. The molecule has 0 atom stereocenters. The standard InChI is InChI=1S/6C3H5.H2S.2Zn/c6*1-3-2;;;/h6*3H,1-2H2;1H2;;/q6*-1;;;/p-1. The van der Waals surface area contributed by atoms with Crippen molar-refractivity contribution >= 4 is 13.5 Å². The molecule has 120 valence electrons. The van der Waals surface area contributed by atoms with E-state index < -0.39 is 0 Å². The minimum Gasteiger partial charge on any atom is -0.813 e. The van der Waals surface area contributed by atoms with Gasteiger partial charge in [0.15, 0.2) is 0 Å². The Balaban J connectivity index is -0.0000000114. The van der Waals surface area contributed by atoms with Crippen LogP contribution in [0.1, 0.15) is 0 Å². The van der Waals surface area contributed by atoms with Crippen LogP contribution in [0.3, 0.4) is 0 Å². The molecule has 0 heterocycles. The van der Waals surface area contributed by atoms with E-state index in [1.165, 1.54) is 36.5 Å². The molecule has 21 heavy (non-hydrogen) atoms. The zero-order valence-corrected chi connectivity index (χ0v) is 20.6. The van der Waals surface area contributed by atoms with Crippen molar-refractivity contribution in [3.63, 3.8) is 0 Å². The number of rotatable bonds is 0. The van der Waals surface area contributed by atoms with Crippen molar-refractivity contribution in [1.82, 2.24) is 0 Å². The van der Waals surface area contributed by atoms with Gasteiger partial charge in [-0.25, -0.2) is 117 Å². The van der Waals surface area contributed by atoms with Gasteiger partial charge in [0.2, 0.25) is 0 Å². The second-order valence-electron chi connectivity index (χ2n) is 1.73. The Labute approximate surface area is 169 Å². The molecule has 0 aliphatic rings. The van der Waals surface area contributed by atoms with Crippen LogP contribution in [0.15, 0.2) is 75.9 Å². The molecule has 0 aliphatic carbocycles. The molecule has 0 radical (unpaired) electrons. The zero-order chi connectivity index (χ0) is 16.2. The summed E-state index contributed by atoms with van der Waals surface area (Å²) in [6.45, 7) is 39.0. The summed E-state index contributed by atoms with van der Waals surface area (Å²) in [4.78, 5) is 0. The summed E-state index contributed by atoms with van der Waals surface area (Å²) in [5.41, 5.74) is 0. The van der Waals surface area contributed by atoms with Crippen LogP contribution in [0.25, 0.3) is 0 Å². The van der Waals surface area contributed by atoms with Gasteiger partial charge in [0.05, 0.1) is 0 Å². The molecule has 0 unspecified atom stereocenters. The molecule has 0 spiro atoms. The molecule has 0 aliphatic heterocycles. The van der Waals surface area contributed by atoms with Crippen LogP contribution in [0.2, 0.25) is 0 Å². The first kappa shape index (κ1) is 59.3. The van der Waals surface area contributed by atoms with Crippen molar-refractivity contribution in [2.75, 3.05) is 0 Å². The summed E-state index contributed by atoms with van der Waals surface area (Å²) in [7, 11) is 0. The predicted octanol–water partition coefficient (Wildman–Crippen LogP) is 5.76. The van der Waals surface area contributed by atoms with Crippen molar-refractivity contribution in [2.24, 2.45) is 0 Å². The monoisotopic (exact) mass is 407 g/mol. The molecule has 0 aromatic rings. The van der Waals surface area contributed by atoms with Crippen molar-refractivity contribution in [3.05, 3.63) is 117 Å². The van der Waals surface area contributed by atoms with Gasteiger partial charge in [-0.2, -0.15) is 0 Å². The minimum atomic E-state index is 0. The summed E-state index contributed by atoms with van der Waals surface area (Å²) < 4.78 is 0. The number of hydrogen-bond donors (Lipinski definition) is 0. The molecule has 0 saturated carbocycles. The number of allylic oxidation sites excluding steroid dienone is 6. The predicted molar refractivity (Wildman–Crippen MR) is 102 cm³/mol. The Morgan fingerprint density at radius 2 is 0.381 bits per heavy atom. The van der Waals surface area contributed by atoms with Gasteiger partial charge in [0.25, 0.3) is 0 Å². The van der Waals surface area contributed by atoms with Gasteiger partial charge in [-0.3, -0.25) is 0 Å². The fourth-order valence-corrected chi connectivity index (χ4v) is 0. The first-order chi connectivity index (χ1) is 8.49. The van der Waals surface area contributed by atoms with Gasteiger partial charge >= 0.3 is 0 Å². The third-order valence-corrected chi connectivity index (χ3v) is 0. The molecule has 0 amide bonds. The van der Waals surface area contributed by atoms with Crippen molar-refractivity contribution in [3.8, 4) is 0 Å². The van der Waals surface area contributed by atoms with Crippen molar-refractivity contribution in [1.29, 1.82) is 0 Å². The molecule has 0 fully saturated rings. The van der Waals surface area contributed by atoms with Gasteiger partial charge in [-0.15, -0.1) is 0 Å². The smallest absolute Gasteiger partial charge is 0 e. The van der Waals surface area contributed by atoms with Crippen LogP contribution in [0.4, 0.5) is 0 Å². The summed E-state index contributed by atoms with van der Waals surface area (Å²) in [6.07, 6.45) is 9.00. The molecular weight excluding hydrogens is 379 g/mol. The van der Waals surface area contributed by atoms with Gasteiger partial charge in [-0.1, -0.05) is 0 Å². The normalized spacial score (nSPS) is 3.43. The van der Waals surface area contributed by atoms with Gasteiger partial charge in [0, 0.05) is 39.0 Å². The van der Waals surface area contributed by atoms with Crippen LogP contribution in [0, 0.1) is 41.5 Å². The molecule has 3 heteroatoms. The maximum Gasteiger partial charge on any atom is 0 e. The fourth-order valence-electron chi connectivity index (χ4n) is 0. The molecular formula is C18H31SZn2-7. The molecule has 0 rings (SSSR count). The Hall–Kier alpha value is -0.743. The van der Waals surface area contributed by atoms with E-state index in [0.29, 0.717) is 0 Å². The molecule has 0 N–H and O–H groups in total. The maximum atomic E-state index is 3.25. The maximum absolute atomic E-state index is 3.25. The Kier molecular flexibility index (Phi) is 656. The van der Waals surface area contributed by atoms with Crippen LogP contribution in [0.5, 0.6) is 0 Å². The summed E-state index contributed by atoms with van der Waals surface area (Å²) in [5.74, 6) is 0. The van der Waals surface area contributed by atoms with Crippen LogP contribution >= 0.6 is 0 Å². The van der Waals surface area contributed by atoms with E-state index in [4.69, 9.17) is 0 Å². The molecule has 0 saturated heterocycles. The molecule has 0 aromatic carbocycles. The molecule has 0 nitrogen and oxygen atoms in total. The zero-order valence-electron chi connectivity index (χ0n) is 13.8. The van der Waals surface area contributed by atoms with E-state index in [-0.39, 0.29) is 52.5 Å². The molecule has 0 bridgehead atoms. The van der Waals surface area contributed by atoms with E-state index in [9.17, 15) is 0 Å². The minimum absolute atomic E-state index is 0. The van der Waals surface area contributed by atoms with Crippen molar-refractivity contribution < 1.29 is 39.0 Å². The second kappa shape index (κ2) is 232. The van der Waals surface area contributed by atoms with Crippen LogP contribution in [-0.4, -0.2) is 0 Å². The van der Waals surface area contributed by atoms with Gasteiger partial charge in [0.1, 0.15) is 0 Å². The summed E-state index contributed by atoms with van der Waals surface area (Å²) in [5, 5.41) is 0. The van der Waals surface area contributed by atoms with Gasteiger partial charge in [-0.05, 0) is 0 Å². The van der Waals surface area contributed by atoms with E-state index in [1.807, 2.05) is 0 Å². The first-order valence-electron chi connectivity index (χ1n) is 4.90. The Morgan fingerprint density at radius 3 is 0.381 bits per heavy atom. The topological polar surface area (TPSA) is 0 Å². The fraction of sp³-hybridized carbons (Fsp3) is 0. The third-order valence-electron chi connectivity index (χ3n) is 0. The number of hydrogen-bond acceptors (Lipinski definition) is 1. The van der Waals surface area contributed by atoms with E-state index >= 15 is 0 Å². The Morgan fingerprint density at radius 1 is 0.381 bits per heavy atom. The molecule has 0 aromatic heterocycles. The second-order valence-corrected chi connectivity index (χ2v) is 1.73. The van der Waals surface area contributed by atoms with Gasteiger partial charge < -0.3 is 13.5 Å². The average Bonchev–Trinajstić information content (AvgIpc) is 2.23. The van der Waals surface area contributed by atoms with Crippen LogP contribution in [-0.2, 0) is 52.5 Å². The van der Waals surface area contributed by atoms with Crippen molar-refractivity contribution in [2.45, 2.75) is 0 Å². The van der Waals surface area contributed by atoms with E-state index in [2.05, 4.69) is 81.0 Å². The third kappa shape index (κ3) is 10400.